The average Bonchev–Trinajstić information content (AvgIpc) is 3.45. The number of fused-ring (bicyclic) bond motifs is 1. The molecule has 2 saturated heterocycles. The molecule has 3 fully saturated rings. The van der Waals surface area contributed by atoms with E-state index in [1.807, 2.05) is 0 Å². The smallest absolute Gasteiger partial charge is 0.245 e. The number of hydrogen-bond acceptors (Lipinski definition) is 7. The summed E-state index contributed by atoms with van der Waals surface area (Å²) in [6, 6.07) is 5.17. The Hall–Kier alpha value is -1.13. The SMILES string of the molecule is O=S(=O)(c1cccc2nsnc12)N1CCC2(CC1)CC(CCOCC1CC1)CCO2. The van der Waals surface area contributed by atoms with Crippen molar-refractivity contribution in [3.63, 3.8) is 0 Å². The molecule has 1 saturated carbocycles. The summed E-state index contributed by atoms with van der Waals surface area (Å²) >= 11 is 1.05. The van der Waals surface area contributed by atoms with E-state index in [0.29, 0.717) is 30.0 Å². The molecule has 164 valence electrons. The summed E-state index contributed by atoms with van der Waals surface area (Å²) in [6.07, 6.45) is 7.32. The second kappa shape index (κ2) is 8.43. The van der Waals surface area contributed by atoms with E-state index in [1.54, 1.807) is 22.5 Å². The molecule has 30 heavy (non-hydrogen) atoms. The fraction of sp³-hybridized carbons (Fsp3) is 0.714. The standard InChI is InChI=1S/C21H29N3O4S2/c25-30(26,19-3-1-2-18-20(19)23-29-22-18)24-10-8-21(9-11-24)14-16(7-13-28-21)6-12-27-15-17-4-5-17/h1-3,16-17H,4-15H2. The van der Waals surface area contributed by atoms with Crippen molar-refractivity contribution in [1.29, 1.82) is 0 Å². The number of hydrogen-bond donors (Lipinski definition) is 0. The predicted molar refractivity (Wildman–Crippen MR) is 115 cm³/mol. The first-order valence-electron chi connectivity index (χ1n) is 11.0. The van der Waals surface area contributed by atoms with Crippen molar-refractivity contribution in [3.05, 3.63) is 18.2 Å². The van der Waals surface area contributed by atoms with Crippen LogP contribution in [0.1, 0.15) is 44.9 Å². The second-order valence-electron chi connectivity index (χ2n) is 8.99. The van der Waals surface area contributed by atoms with E-state index < -0.39 is 10.0 Å². The molecule has 7 nitrogen and oxygen atoms in total. The Kier molecular flexibility index (Phi) is 5.83. The Morgan fingerprint density at radius 1 is 1.17 bits per heavy atom. The molecule has 0 amide bonds. The van der Waals surface area contributed by atoms with Gasteiger partial charge in [-0.1, -0.05) is 6.07 Å². The molecule has 3 aliphatic rings. The monoisotopic (exact) mass is 451 g/mol. The van der Waals surface area contributed by atoms with Gasteiger partial charge in [0.1, 0.15) is 15.9 Å². The Labute approximate surface area is 182 Å². The summed E-state index contributed by atoms with van der Waals surface area (Å²) in [6.45, 7) is 3.50. The molecule has 1 aliphatic carbocycles. The zero-order valence-corrected chi connectivity index (χ0v) is 18.8. The highest BCUT2D eigenvalue weighted by Gasteiger charge is 2.43. The van der Waals surface area contributed by atoms with Gasteiger partial charge < -0.3 is 9.47 Å². The molecule has 9 heteroatoms. The van der Waals surface area contributed by atoms with Crippen molar-refractivity contribution < 1.29 is 17.9 Å². The lowest BCUT2D eigenvalue weighted by atomic mass is 9.79. The number of ether oxygens (including phenoxy) is 2. The highest BCUT2D eigenvalue weighted by atomic mass is 32.2. The molecule has 0 radical (unpaired) electrons. The van der Waals surface area contributed by atoms with Gasteiger partial charge in [0.2, 0.25) is 10.0 Å². The van der Waals surface area contributed by atoms with Crippen LogP contribution < -0.4 is 0 Å². The molecular weight excluding hydrogens is 422 g/mol. The maximum atomic E-state index is 13.3. The molecule has 0 bridgehead atoms. The topological polar surface area (TPSA) is 81.6 Å². The molecule has 3 heterocycles. The van der Waals surface area contributed by atoms with Crippen molar-refractivity contribution in [2.75, 3.05) is 32.9 Å². The average molecular weight is 452 g/mol. The zero-order chi connectivity index (χ0) is 20.6. The fourth-order valence-corrected chi connectivity index (χ4v) is 6.97. The third-order valence-corrected chi connectivity index (χ3v) is 9.29. The molecule has 1 atom stereocenters. The van der Waals surface area contributed by atoms with E-state index in [0.717, 1.165) is 69.6 Å². The van der Waals surface area contributed by atoms with Gasteiger partial charge in [-0.15, -0.1) is 0 Å². The predicted octanol–water partition coefficient (Wildman–Crippen LogP) is 3.46. The van der Waals surface area contributed by atoms with Crippen molar-refractivity contribution >= 4 is 32.8 Å². The Bertz CT molecular complexity index is 981. The van der Waals surface area contributed by atoms with E-state index in [1.165, 1.54) is 12.8 Å². The molecule has 1 unspecified atom stereocenters. The molecule has 1 aromatic heterocycles. The fourth-order valence-electron chi connectivity index (χ4n) is 4.77. The second-order valence-corrected chi connectivity index (χ2v) is 11.4. The summed E-state index contributed by atoms with van der Waals surface area (Å²) < 4.78 is 48.6. The first kappa shape index (κ1) is 20.8. The van der Waals surface area contributed by atoms with Crippen LogP contribution in [0.4, 0.5) is 0 Å². The lowest BCUT2D eigenvalue weighted by molar-refractivity contribution is -0.123. The lowest BCUT2D eigenvalue weighted by Crippen LogP contribution is -2.50. The molecule has 2 aromatic rings. The summed E-state index contributed by atoms with van der Waals surface area (Å²) in [5, 5.41) is 0. The lowest BCUT2D eigenvalue weighted by Gasteiger charge is -2.46. The number of nitrogens with zero attached hydrogens (tertiary/aromatic N) is 3. The van der Waals surface area contributed by atoms with Gasteiger partial charge in [-0.3, -0.25) is 0 Å². The normalized spacial score (nSPS) is 25.1. The van der Waals surface area contributed by atoms with Crippen LogP contribution in [0.3, 0.4) is 0 Å². The van der Waals surface area contributed by atoms with Gasteiger partial charge in [-0.2, -0.15) is 13.1 Å². The minimum Gasteiger partial charge on any atom is -0.381 e. The quantitative estimate of drug-likeness (QED) is 0.600. The molecule has 0 N–H and O–H groups in total. The third-order valence-electron chi connectivity index (χ3n) is 6.82. The maximum Gasteiger partial charge on any atom is 0.245 e. The molecule has 2 aliphatic heterocycles. The number of rotatable bonds is 7. The Morgan fingerprint density at radius 3 is 2.80 bits per heavy atom. The number of aromatic nitrogens is 2. The van der Waals surface area contributed by atoms with Crippen LogP contribution in [0.5, 0.6) is 0 Å². The number of piperidine rings is 1. The third kappa shape index (κ3) is 4.27. The largest absolute Gasteiger partial charge is 0.381 e. The first-order chi connectivity index (χ1) is 14.6. The van der Waals surface area contributed by atoms with Crippen LogP contribution in [0.15, 0.2) is 23.1 Å². The van der Waals surface area contributed by atoms with Crippen LogP contribution in [0, 0.1) is 11.8 Å². The van der Waals surface area contributed by atoms with Crippen molar-refractivity contribution in [2.24, 2.45) is 11.8 Å². The van der Waals surface area contributed by atoms with Crippen molar-refractivity contribution in [2.45, 2.75) is 55.4 Å². The zero-order valence-electron chi connectivity index (χ0n) is 17.2. The van der Waals surface area contributed by atoms with Gasteiger partial charge in [-0.05, 0) is 68.9 Å². The molecule has 5 rings (SSSR count). The van der Waals surface area contributed by atoms with Gasteiger partial charge in [0.25, 0.3) is 0 Å². The number of benzene rings is 1. The van der Waals surface area contributed by atoms with Gasteiger partial charge >= 0.3 is 0 Å². The first-order valence-corrected chi connectivity index (χ1v) is 13.2. The van der Waals surface area contributed by atoms with Gasteiger partial charge in [0.05, 0.1) is 17.3 Å². The van der Waals surface area contributed by atoms with E-state index in [4.69, 9.17) is 9.47 Å². The van der Waals surface area contributed by atoms with Crippen molar-refractivity contribution in [3.8, 4) is 0 Å². The minimum absolute atomic E-state index is 0.181. The molecular formula is C21H29N3O4S2. The molecule has 1 aromatic carbocycles. The number of sulfonamides is 1. The summed E-state index contributed by atoms with van der Waals surface area (Å²) in [5.74, 6) is 1.42. The highest BCUT2D eigenvalue weighted by molar-refractivity contribution is 7.89. The van der Waals surface area contributed by atoms with E-state index in [2.05, 4.69) is 8.75 Å². The summed E-state index contributed by atoms with van der Waals surface area (Å²) in [4.78, 5) is 0.264. The van der Waals surface area contributed by atoms with Crippen LogP contribution in [0.2, 0.25) is 0 Å². The van der Waals surface area contributed by atoms with Gasteiger partial charge in [0.15, 0.2) is 0 Å². The minimum atomic E-state index is -3.59. The van der Waals surface area contributed by atoms with E-state index in [9.17, 15) is 8.42 Å². The summed E-state index contributed by atoms with van der Waals surface area (Å²) in [7, 11) is -3.59. The van der Waals surface area contributed by atoms with Crippen LogP contribution >= 0.6 is 11.7 Å². The van der Waals surface area contributed by atoms with Crippen molar-refractivity contribution in [1.82, 2.24) is 13.1 Å². The Morgan fingerprint density at radius 2 is 2.00 bits per heavy atom. The van der Waals surface area contributed by atoms with E-state index >= 15 is 0 Å². The van der Waals surface area contributed by atoms with Crippen LogP contribution in [-0.4, -0.2) is 60.0 Å². The maximum absolute atomic E-state index is 13.3. The van der Waals surface area contributed by atoms with Crippen LogP contribution in [0.25, 0.3) is 11.0 Å². The van der Waals surface area contributed by atoms with Crippen LogP contribution in [-0.2, 0) is 19.5 Å². The van der Waals surface area contributed by atoms with Gasteiger partial charge in [-0.25, -0.2) is 8.42 Å². The highest BCUT2D eigenvalue weighted by Crippen LogP contribution is 2.40. The van der Waals surface area contributed by atoms with E-state index in [-0.39, 0.29) is 10.5 Å². The Balaban J connectivity index is 1.20. The molecule has 1 spiro atoms. The summed E-state index contributed by atoms with van der Waals surface area (Å²) in [5.41, 5.74) is 0.930. The van der Waals surface area contributed by atoms with Gasteiger partial charge in [0, 0.05) is 32.9 Å².